The van der Waals surface area contributed by atoms with E-state index in [9.17, 15) is 5.11 Å². The zero-order valence-corrected chi connectivity index (χ0v) is 9.75. The summed E-state index contributed by atoms with van der Waals surface area (Å²) in [5.74, 6) is 0.391. The Morgan fingerprint density at radius 3 is 2.36 bits per heavy atom. The molecule has 14 heavy (non-hydrogen) atoms. The Labute approximate surface area is 87.6 Å². The van der Waals surface area contributed by atoms with E-state index in [0.29, 0.717) is 19.1 Å². The van der Waals surface area contributed by atoms with Gasteiger partial charge in [-0.3, -0.25) is 0 Å². The van der Waals surface area contributed by atoms with Crippen LogP contribution in [0.3, 0.4) is 0 Å². The minimum Gasteiger partial charge on any atom is -0.396 e. The third-order valence-corrected chi connectivity index (χ3v) is 3.04. The van der Waals surface area contributed by atoms with Crippen molar-refractivity contribution in [3.63, 3.8) is 0 Å². The molecule has 3 nitrogen and oxygen atoms in total. The molecule has 0 spiro atoms. The Balaban J connectivity index is 3.95. The van der Waals surface area contributed by atoms with E-state index in [1.54, 1.807) is 0 Å². The number of hydrogen-bond acceptors (Lipinski definition) is 3. The lowest BCUT2D eigenvalue weighted by atomic mass is 9.75. The van der Waals surface area contributed by atoms with Crippen molar-refractivity contribution in [1.29, 1.82) is 0 Å². The third kappa shape index (κ3) is 3.95. The summed E-state index contributed by atoms with van der Waals surface area (Å²) in [6.45, 7) is 8.46. The molecule has 0 aliphatic heterocycles. The molecule has 0 heterocycles. The lowest BCUT2D eigenvalue weighted by Gasteiger charge is -2.34. The van der Waals surface area contributed by atoms with Crippen molar-refractivity contribution in [1.82, 2.24) is 0 Å². The summed E-state index contributed by atoms with van der Waals surface area (Å²) < 4.78 is 5.43. The first-order chi connectivity index (χ1) is 6.63. The van der Waals surface area contributed by atoms with Crippen LogP contribution in [0.1, 0.15) is 33.6 Å². The molecule has 0 aliphatic rings. The van der Waals surface area contributed by atoms with Crippen LogP contribution >= 0.6 is 0 Å². The number of ether oxygens (including phenoxy) is 1. The summed E-state index contributed by atoms with van der Waals surface area (Å²) in [4.78, 5) is 0. The summed E-state index contributed by atoms with van der Waals surface area (Å²) in [6, 6.07) is 0. The van der Waals surface area contributed by atoms with Crippen LogP contribution in [0.15, 0.2) is 0 Å². The largest absolute Gasteiger partial charge is 0.396 e. The number of aliphatic hydroxyl groups is 1. The highest BCUT2D eigenvalue weighted by Crippen LogP contribution is 2.29. The SMILES string of the molecule is CCCOCCC(CN)(CO)C(C)C. The fourth-order valence-corrected chi connectivity index (χ4v) is 1.47. The van der Waals surface area contributed by atoms with Crippen LogP contribution in [0.4, 0.5) is 0 Å². The molecule has 86 valence electrons. The summed E-state index contributed by atoms with van der Waals surface area (Å²) in [5.41, 5.74) is 5.56. The quantitative estimate of drug-likeness (QED) is 0.586. The number of aliphatic hydroxyl groups excluding tert-OH is 1. The Morgan fingerprint density at radius 2 is 2.00 bits per heavy atom. The normalized spacial score (nSPS) is 15.9. The van der Waals surface area contributed by atoms with Crippen molar-refractivity contribution in [3.8, 4) is 0 Å². The molecule has 0 saturated heterocycles. The Bertz CT molecular complexity index is 133. The topological polar surface area (TPSA) is 55.5 Å². The molecule has 0 amide bonds. The predicted octanol–water partition coefficient (Wildman–Crippen LogP) is 1.40. The van der Waals surface area contributed by atoms with Crippen LogP contribution in [0.2, 0.25) is 0 Å². The standard InChI is InChI=1S/C11H25NO2/c1-4-6-14-7-5-11(8-12,9-13)10(2)3/h10,13H,4-9,12H2,1-3H3. The van der Waals surface area contributed by atoms with Crippen molar-refractivity contribution >= 4 is 0 Å². The molecule has 3 N–H and O–H groups in total. The zero-order valence-electron chi connectivity index (χ0n) is 9.75. The fraction of sp³-hybridized carbons (Fsp3) is 1.00. The molecule has 0 bridgehead atoms. The van der Waals surface area contributed by atoms with Crippen molar-refractivity contribution < 1.29 is 9.84 Å². The van der Waals surface area contributed by atoms with Crippen molar-refractivity contribution in [2.45, 2.75) is 33.6 Å². The van der Waals surface area contributed by atoms with Crippen LogP contribution in [0.25, 0.3) is 0 Å². The molecule has 3 heteroatoms. The van der Waals surface area contributed by atoms with E-state index in [1.807, 2.05) is 0 Å². The first kappa shape index (κ1) is 13.9. The van der Waals surface area contributed by atoms with Crippen molar-refractivity contribution in [2.24, 2.45) is 17.1 Å². The van der Waals surface area contributed by atoms with Gasteiger partial charge in [0.2, 0.25) is 0 Å². The summed E-state index contributed by atoms with van der Waals surface area (Å²) in [7, 11) is 0. The Hall–Kier alpha value is -0.120. The van der Waals surface area contributed by atoms with E-state index >= 15 is 0 Å². The maximum Gasteiger partial charge on any atom is 0.0502 e. The van der Waals surface area contributed by atoms with E-state index in [1.165, 1.54) is 0 Å². The molecule has 0 fully saturated rings. The van der Waals surface area contributed by atoms with Gasteiger partial charge in [-0.2, -0.15) is 0 Å². The van der Waals surface area contributed by atoms with Gasteiger partial charge in [0.25, 0.3) is 0 Å². The molecule has 0 aromatic carbocycles. The Kier molecular flexibility index (Phi) is 7.15. The monoisotopic (exact) mass is 203 g/mol. The van der Waals surface area contributed by atoms with Crippen LogP contribution in [0, 0.1) is 11.3 Å². The minimum absolute atomic E-state index is 0.149. The van der Waals surface area contributed by atoms with Gasteiger partial charge in [0.1, 0.15) is 0 Å². The van der Waals surface area contributed by atoms with Gasteiger partial charge in [0, 0.05) is 25.2 Å². The molecule has 0 rings (SSSR count). The van der Waals surface area contributed by atoms with Gasteiger partial charge >= 0.3 is 0 Å². The highest BCUT2D eigenvalue weighted by molar-refractivity contribution is 4.82. The second-order valence-corrected chi connectivity index (χ2v) is 4.24. The molecule has 1 atom stereocenters. The molecule has 0 radical (unpaired) electrons. The lowest BCUT2D eigenvalue weighted by molar-refractivity contribution is 0.0322. The van der Waals surface area contributed by atoms with E-state index in [0.717, 1.165) is 19.4 Å². The van der Waals surface area contributed by atoms with E-state index in [2.05, 4.69) is 20.8 Å². The van der Waals surface area contributed by atoms with E-state index in [4.69, 9.17) is 10.5 Å². The van der Waals surface area contributed by atoms with Gasteiger partial charge in [0.15, 0.2) is 0 Å². The minimum atomic E-state index is -0.159. The molecule has 0 aliphatic carbocycles. The first-order valence-electron chi connectivity index (χ1n) is 5.51. The summed E-state index contributed by atoms with van der Waals surface area (Å²) in [5, 5.41) is 9.37. The smallest absolute Gasteiger partial charge is 0.0502 e. The molecule has 0 saturated carbocycles. The van der Waals surface area contributed by atoms with E-state index < -0.39 is 0 Å². The van der Waals surface area contributed by atoms with Crippen molar-refractivity contribution in [3.05, 3.63) is 0 Å². The average Bonchev–Trinajstić information content (AvgIpc) is 2.18. The lowest BCUT2D eigenvalue weighted by Crippen LogP contribution is -2.40. The highest BCUT2D eigenvalue weighted by atomic mass is 16.5. The Morgan fingerprint density at radius 1 is 1.36 bits per heavy atom. The fourth-order valence-electron chi connectivity index (χ4n) is 1.47. The number of hydrogen-bond donors (Lipinski definition) is 2. The number of nitrogens with two attached hydrogens (primary N) is 1. The highest BCUT2D eigenvalue weighted by Gasteiger charge is 2.31. The summed E-state index contributed by atoms with van der Waals surface area (Å²) in [6.07, 6.45) is 1.88. The van der Waals surface area contributed by atoms with Crippen LogP contribution < -0.4 is 5.73 Å². The zero-order chi connectivity index (χ0) is 11.0. The van der Waals surface area contributed by atoms with Crippen molar-refractivity contribution in [2.75, 3.05) is 26.4 Å². The van der Waals surface area contributed by atoms with Gasteiger partial charge in [0.05, 0.1) is 6.61 Å². The number of rotatable bonds is 8. The first-order valence-corrected chi connectivity index (χ1v) is 5.51. The van der Waals surface area contributed by atoms with Crippen LogP contribution in [-0.2, 0) is 4.74 Å². The molecular weight excluding hydrogens is 178 g/mol. The van der Waals surface area contributed by atoms with E-state index in [-0.39, 0.29) is 12.0 Å². The average molecular weight is 203 g/mol. The second kappa shape index (κ2) is 7.21. The predicted molar refractivity (Wildman–Crippen MR) is 59.1 cm³/mol. The third-order valence-electron chi connectivity index (χ3n) is 3.04. The maximum absolute atomic E-state index is 9.37. The maximum atomic E-state index is 9.37. The van der Waals surface area contributed by atoms with Crippen LogP contribution in [-0.4, -0.2) is 31.5 Å². The molecule has 0 aromatic heterocycles. The summed E-state index contributed by atoms with van der Waals surface area (Å²) >= 11 is 0. The molecule has 0 aromatic rings. The van der Waals surface area contributed by atoms with Gasteiger partial charge in [-0.15, -0.1) is 0 Å². The van der Waals surface area contributed by atoms with Gasteiger partial charge in [-0.05, 0) is 18.8 Å². The molecule has 1 unspecified atom stereocenters. The second-order valence-electron chi connectivity index (χ2n) is 4.24. The molecular formula is C11H25NO2. The van der Waals surface area contributed by atoms with Gasteiger partial charge in [-0.25, -0.2) is 0 Å². The van der Waals surface area contributed by atoms with Crippen LogP contribution in [0.5, 0.6) is 0 Å². The van der Waals surface area contributed by atoms with Gasteiger partial charge < -0.3 is 15.6 Å². The van der Waals surface area contributed by atoms with Gasteiger partial charge in [-0.1, -0.05) is 20.8 Å².